The number of rotatable bonds is 6. The molecular weight excluding hydrogens is 238 g/mol. The number of hydrogen-bond acceptors (Lipinski definition) is 3. The monoisotopic (exact) mass is 255 g/mol. The zero-order valence-corrected chi connectivity index (χ0v) is 10.7. The van der Waals surface area contributed by atoms with Gasteiger partial charge in [0.2, 0.25) is 0 Å². The third-order valence-electron chi connectivity index (χ3n) is 3.03. The predicted molar refractivity (Wildman–Crippen MR) is 68.6 cm³/mol. The second-order valence-electron chi connectivity index (χ2n) is 4.84. The van der Waals surface area contributed by atoms with Crippen molar-refractivity contribution in [2.75, 3.05) is 13.2 Å². The van der Waals surface area contributed by atoms with Gasteiger partial charge in [0.25, 0.3) is 0 Å². The molecule has 0 spiro atoms. The van der Waals surface area contributed by atoms with E-state index in [1.165, 1.54) is 12.8 Å². The zero-order chi connectivity index (χ0) is 12.3. The van der Waals surface area contributed by atoms with Crippen LogP contribution in [-0.2, 0) is 0 Å². The number of aliphatic hydroxyl groups is 1. The van der Waals surface area contributed by atoms with Crippen LogP contribution in [0.1, 0.15) is 19.8 Å². The lowest BCUT2D eigenvalue weighted by Crippen LogP contribution is -2.37. The highest BCUT2D eigenvalue weighted by Crippen LogP contribution is 2.34. The fourth-order valence-corrected chi connectivity index (χ4v) is 1.73. The predicted octanol–water partition coefficient (Wildman–Crippen LogP) is 2.22. The van der Waals surface area contributed by atoms with E-state index in [1.807, 2.05) is 12.1 Å². The molecule has 0 radical (unpaired) electrons. The van der Waals surface area contributed by atoms with E-state index in [0.29, 0.717) is 17.3 Å². The maximum atomic E-state index is 9.76. The Hall–Kier alpha value is -0.770. The van der Waals surface area contributed by atoms with Crippen LogP contribution in [0.25, 0.3) is 0 Å². The average Bonchev–Trinajstić information content (AvgIpc) is 3.04. The Labute approximate surface area is 107 Å². The number of hydrogen-bond donors (Lipinski definition) is 2. The third-order valence-corrected chi connectivity index (χ3v) is 3.34. The van der Waals surface area contributed by atoms with Gasteiger partial charge in [-0.05, 0) is 31.9 Å². The lowest BCUT2D eigenvalue weighted by molar-refractivity contribution is 0.103. The second-order valence-corrected chi connectivity index (χ2v) is 5.24. The first-order valence-electron chi connectivity index (χ1n) is 5.89. The van der Waals surface area contributed by atoms with Gasteiger partial charge in [0.05, 0.1) is 5.02 Å². The van der Waals surface area contributed by atoms with Crippen LogP contribution in [0.5, 0.6) is 5.75 Å². The Morgan fingerprint density at radius 2 is 2.18 bits per heavy atom. The first kappa shape index (κ1) is 12.7. The Morgan fingerprint density at radius 3 is 2.82 bits per heavy atom. The van der Waals surface area contributed by atoms with E-state index in [2.05, 4.69) is 12.2 Å². The fourth-order valence-electron chi connectivity index (χ4n) is 1.54. The molecule has 1 aliphatic carbocycles. The molecule has 0 saturated heterocycles. The van der Waals surface area contributed by atoms with E-state index in [4.69, 9.17) is 16.3 Å². The summed E-state index contributed by atoms with van der Waals surface area (Å²) in [6.07, 6.45) is 1.86. The van der Waals surface area contributed by atoms with Crippen LogP contribution in [0, 0.1) is 0 Å². The molecule has 1 aromatic carbocycles. The SMILES string of the molecule is CC1(NCC(O)COc2ccccc2Cl)CC1. The van der Waals surface area contributed by atoms with Gasteiger partial charge >= 0.3 is 0 Å². The van der Waals surface area contributed by atoms with E-state index in [1.54, 1.807) is 12.1 Å². The molecule has 4 heteroatoms. The van der Waals surface area contributed by atoms with Crippen LogP contribution < -0.4 is 10.1 Å². The van der Waals surface area contributed by atoms with E-state index >= 15 is 0 Å². The lowest BCUT2D eigenvalue weighted by Gasteiger charge is -2.16. The third kappa shape index (κ3) is 3.87. The van der Waals surface area contributed by atoms with Crippen LogP contribution in [0.15, 0.2) is 24.3 Å². The molecule has 0 amide bonds. The van der Waals surface area contributed by atoms with Crippen LogP contribution in [-0.4, -0.2) is 29.9 Å². The van der Waals surface area contributed by atoms with Gasteiger partial charge in [-0.1, -0.05) is 23.7 Å². The molecule has 1 aromatic rings. The minimum absolute atomic E-state index is 0.241. The number of halogens is 1. The Balaban J connectivity index is 1.72. The Morgan fingerprint density at radius 1 is 1.47 bits per heavy atom. The van der Waals surface area contributed by atoms with Gasteiger partial charge in [0, 0.05) is 12.1 Å². The topological polar surface area (TPSA) is 41.5 Å². The van der Waals surface area contributed by atoms with E-state index in [0.717, 1.165) is 0 Å². The Kier molecular flexibility index (Phi) is 3.92. The molecule has 94 valence electrons. The average molecular weight is 256 g/mol. The molecule has 1 saturated carbocycles. The maximum absolute atomic E-state index is 9.76. The summed E-state index contributed by atoms with van der Waals surface area (Å²) in [6, 6.07) is 7.27. The minimum atomic E-state index is -0.510. The highest BCUT2D eigenvalue weighted by molar-refractivity contribution is 6.32. The van der Waals surface area contributed by atoms with Crippen LogP contribution in [0.4, 0.5) is 0 Å². The van der Waals surface area contributed by atoms with Gasteiger partial charge in [-0.25, -0.2) is 0 Å². The van der Waals surface area contributed by atoms with Gasteiger partial charge in [-0.15, -0.1) is 0 Å². The summed E-state index contributed by atoms with van der Waals surface area (Å²) >= 11 is 5.95. The molecule has 0 bridgehead atoms. The van der Waals surface area contributed by atoms with Gasteiger partial charge in [-0.2, -0.15) is 0 Å². The number of nitrogens with one attached hydrogen (secondary N) is 1. The van der Waals surface area contributed by atoms with Gasteiger partial charge in [0.1, 0.15) is 18.5 Å². The zero-order valence-electron chi connectivity index (χ0n) is 9.95. The van der Waals surface area contributed by atoms with Gasteiger partial charge in [0.15, 0.2) is 0 Å². The van der Waals surface area contributed by atoms with Gasteiger partial charge < -0.3 is 15.2 Å². The summed E-state index contributed by atoms with van der Waals surface area (Å²) in [5.41, 5.74) is 0.241. The van der Waals surface area contributed by atoms with Crippen molar-refractivity contribution < 1.29 is 9.84 Å². The first-order chi connectivity index (χ1) is 8.09. The van der Waals surface area contributed by atoms with Crippen molar-refractivity contribution in [2.45, 2.75) is 31.4 Å². The lowest BCUT2D eigenvalue weighted by atomic mass is 10.3. The smallest absolute Gasteiger partial charge is 0.138 e. The highest BCUT2D eigenvalue weighted by atomic mass is 35.5. The molecule has 0 aliphatic heterocycles. The molecule has 1 unspecified atom stereocenters. The van der Waals surface area contributed by atoms with Crippen molar-refractivity contribution in [3.05, 3.63) is 29.3 Å². The standard InChI is InChI=1S/C13H18ClNO2/c1-13(6-7-13)15-8-10(16)9-17-12-5-3-2-4-11(12)14/h2-5,10,15-16H,6-9H2,1H3. The van der Waals surface area contributed by atoms with Crippen molar-refractivity contribution in [3.8, 4) is 5.75 Å². The van der Waals surface area contributed by atoms with Crippen molar-refractivity contribution in [1.82, 2.24) is 5.32 Å². The maximum Gasteiger partial charge on any atom is 0.138 e. The van der Waals surface area contributed by atoms with Crippen molar-refractivity contribution in [1.29, 1.82) is 0 Å². The number of aliphatic hydroxyl groups excluding tert-OH is 1. The van der Waals surface area contributed by atoms with E-state index < -0.39 is 6.10 Å². The highest BCUT2D eigenvalue weighted by Gasteiger charge is 2.36. The summed E-state index contributed by atoms with van der Waals surface area (Å²) in [4.78, 5) is 0. The van der Waals surface area contributed by atoms with Crippen LogP contribution >= 0.6 is 11.6 Å². The molecule has 0 heterocycles. The van der Waals surface area contributed by atoms with E-state index in [-0.39, 0.29) is 12.1 Å². The van der Waals surface area contributed by atoms with Crippen LogP contribution in [0.3, 0.4) is 0 Å². The number of β-amino-alcohol motifs (C(OH)–C–C–N with tert-alkyl or cyclic N) is 1. The van der Waals surface area contributed by atoms with E-state index in [9.17, 15) is 5.11 Å². The van der Waals surface area contributed by atoms with Crippen molar-refractivity contribution in [2.24, 2.45) is 0 Å². The summed E-state index contributed by atoms with van der Waals surface area (Å²) < 4.78 is 5.46. The number of para-hydroxylation sites is 1. The molecule has 2 rings (SSSR count). The fraction of sp³-hybridized carbons (Fsp3) is 0.538. The first-order valence-corrected chi connectivity index (χ1v) is 6.27. The quantitative estimate of drug-likeness (QED) is 0.819. The normalized spacial score (nSPS) is 18.8. The van der Waals surface area contributed by atoms with Crippen molar-refractivity contribution >= 4 is 11.6 Å². The summed E-state index contributed by atoms with van der Waals surface area (Å²) in [5, 5.41) is 13.7. The minimum Gasteiger partial charge on any atom is -0.489 e. The van der Waals surface area contributed by atoms with Gasteiger partial charge in [-0.3, -0.25) is 0 Å². The number of ether oxygens (including phenoxy) is 1. The molecule has 1 atom stereocenters. The largest absolute Gasteiger partial charge is 0.489 e. The summed E-state index contributed by atoms with van der Waals surface area (Å²) in [7, 11) is 0. The molecule has 3 nitrogen and oxygen atoms in total. The van der Waals surface area contributed by atoms with Crippen molar-refractivity contribution in [3.63, 3.8) is 0 Å². The summed E-state index contributed by atoms with van der Waals surface area (Å²) in [6.45, 7) is 2.97. The molecule has 17 heavy (non-hydrogen) atoms. The second kappa shape index (κ2) is 5.25. The molecule has 1 fully saturated rings. The van der Waals surface area contributed by atoms with Crippen LogP contribution in [0.2, 0.25) is 5.02 Å². The molecule has 2 N–H and O–H groups in total. The molecule has 0 aromatic heterocycles. The molecular formula is C13H18ClNO2. The molecule has 1 aliphatic rings. The number of benzene rings is 1. The Bertz CT molecular complexity index is 379. The summed E-state index contributed by atoms with van der Waals surface area (Å²) in [5.74, 6) is 0.617.